The fourth-order valence-corrected chi connectivity index (χ4v) is 0.783. The predicted octanol–water partition coefficient (Wildman–Crippen LogP) is 0.504. The average molecular weight is 180 g/mol. The van der Waals surface area contributed by atoms with E-state index in [0.717, 1.165) is 19.3 Å². The van der Waals surface area contributed by atoms with Gasteiger partial charge in [-0.15, -0.1) is 11.6 Å². The number of nitrogens with one attached hydrogen (secondary N) is 1. The molecule has 0 aliphatic rings. The Hall–Kier alpha value is -0.280. The maximum absolute atomic E-state index is 10.6. The second-order valence-corrected chi connectivity index (χ2v) is 2.54. The van der Waals surface area contributed by atoms with Crippen LogP contribution in [-0.4, -0.2) is 30.0 Å². The van der Waals surface area contributed by atoms with Gasteiger partial charge in [0.1, 0.15) is 5.88 Å². The van der Waals surface area contributed by atoms with E-state index in [-0.39, 0.29) is 18.4 Å². The maximum Gasteiger partial charge on any atom is 0.234 e. The van der Waals surface area contributed by atoms with Gasteiger partial charge in [-0.05, 0) is 19.3 Å². The molecule has 0 aromatic rings. The fourth-order valence-electron chi connectivity index (χ4n) is 0.689. The molecule has 2 N–H and O–H groups in total. The van der Waals surface area contributed by atoms with E-state index in [1.165, 1.54) is 0 Å². The number of carbonyl (C=O) groups excluding carboxylic acids is 1. The SMILES string of the molecule is O=C(CCl)NCCCCCO. The van der Waals surface area contributed by atoms with E-state index in [0.29, 0.717) is 6.54 Å². The Bertz CT molecular complexity index is 109. The average Bonchev–Trinajstić information content (AvgIpc) is 2.04. The molecule has 0 saturated heterocycles. The van der Waals surface area contributed by atoms with E-state index in [9.17, 15) is 4.79 Å². The lowest BCUT2D eigenvalue weighted by atomic mass is 10.2. The third-order valence-electron chi connectivity index (χ3n) is 1.28. The van der Waals surface area contributed by atoms with Gasteiger partial charge >= 0.3 is 0 Å². The highest BCUT2D eigenvalue weighted by molar-refractivity contribution is 6.27. The summed E-state index contributed by atoms with van der Waals surface area (Å²) in [5.41, 5.74) is 0. The molecule has 0 fully saturated rings. The van der Waals surface area contributed by atoms with Crippen LogP contribution in [0, 0.1) is 0 Å². The number of alkyl halides is 1. The molecule has 0 spiro atoms. The molecule has 0 bridgehead atoms. The number of carbonyl (C=O) groups is 1. The van der Waals surface area contributed by atoms with Crippen molar-refractivity contribution in [3.63, 3.8) is 0 Å². The molecule has 0 aliphatic heterocycles. The van der Waals surface area contributed by atoms with Crippen LogP contribution in [-0.2, 0) is 4.79 Å². The van der Waals surface area contributed by atoms with Gasteiger partial charge in [-0.1, -0.05) is 0 Å². The Morgan fingerprint density at radius 2 is 2.09 bits per heavy atom. The minimum Gasteiger partial charge on any atom is -0.396 e. The molecule has 0 aromatic carbocycles. The van der Waals surface area contributed by atoms with Gasteiger partial charge in [0, 0.05) is 13.2 Å². The number of hydrogen-bond acceptors (Lipinski definition) is 2. The van der Waals surface area contributed by atoms with Gasteiger partial charge in [-0.3, -0.25) is 4.79 Å². The standard InChI is InChI=1S/C7H14ClNO2/c8-6-7(11)9-4-2-1-3-5-10/h10H,1-6H2,(H,9,11). The lowest BCUT2D eigenvalue weighted by Crippen LogP contribution is -2.25. The van der Waals surface area contributed by atoms with Crippen molar-refractivity contribution in [1.29, 1.82) is 0 Å². The molecule has 4 heteroatoms. The van der Waals surface area contributed by atoms with Crippen LogP contribution in [0.2, 0.25) is 0 Å². The molecule has 0 rings (SSSR count). The van der Waals surface area contributed by atoms with Crippen molar-refractivity contribution in [1.82, 2.24) is 5.32 Å². The molecule has 0 aliphatic carbocycles. The second kappa shape index (κ2) is 7.82. The van der Waals surface area contributed by atoms with E-state index in [1.54, 1.807) is 0 Å². The summed E-state index contributed by atoms with van der Waals surface area (Å²) >= 11 is 5.24. The Morgan fingerprint density at radius 1 is 1.36 bits per heavy atom. The Labute approximate surface area is 71.7 Å². The van der Waals surface area contributed by atoms with Crippen LogP contribution in [0.5, 0.6) is 0 Å². The monoisotopic (exact) mass is 179 g/mol. The van der Waals surface area contributed by atoms with Crippen molar-refractivity contribution in [3.05, 3.63) is 0 Å². The first-order chi connectivity index (χ1) is 5.31. The molecule has 0 unspecified atom stereocenters. The van der Waals surface area contributed by atoms with Gasteiger partial charge in [-0.25, -0.2) is 0 Å². The van der Waals surface area contributed by atoms with Crippen molar-refractivity contribution in [2.45, 2.75) is 19.3 Å². The molecular formula is C7H14ClNO2. The Kier molecular flexibility index (Phi) is 7.62. The highest BCUT2D eigenvalue weighted by Crippen LogP contribution is 1.91. The van der Waals surface area contributed by atoms with Crippen molar-refractivity contribution < 1.29 is 9.90 Å². The van der Waals surface area contributed by atoms with Crippen LogP contribution >= 0.6 is 11.6 Å². The number of rotatable bonds is 6. The predicted molar refractivity (Wildman–Crippen MR) is 44.7 cm³/mol. The summed E-state index contributed by atoms with van der Waals surface area (Å²) in [7, 11) is 0. The number of aliphatic hydroxyl groups is 1. The molecule has 11 heavy (non-hydrogen) atoms. The van der Waals surface area contributed by atoms with Gasteiger partial charge in [0.2, 0.25) is 5.91 Å². The zero-order valence-electron chi connectivity index (χ0n) is 6.48. The summed E-state index contributed by atoms with van der Waals surface area (Å²) < 4.78 is 0. The molecular weight excluding hydrogens is 166 g/mol. The topological polar surface area (TPSA) is 49.3 Å². The zero-order chi connectivity index (χ0) is 8.53. The lowest BCUT2D eigenvalue weighted by molar-refractivity contribution is -0.118. The number of hydrogen-bond donors (Lipinski definition) is 2. The van der Waals surface area contributed by atoms with E-state index in [1.807, 2.05) is 0 Å². The largest absolute Gasteiger partial charge is 0.396 e. The minimum atomic E-state index is -0.129. The smallest absolute Gasteiger partial charge is 0.234 e. The summed E-state index contributed by atoms with van der Waals surface area (Å²) in [6.45, 7) is 0.884. The lowest BCUT2D eigenvalue weighted by Gasteiger charge is -2.00. The van der Waals surface area contributed by atoms with E-state index in [4.69, 9.17) is 16.7 Å². The summed E-state index contributed by atoms with van der Waals surface area (Å²) in [5, 5.41) is 11.1. The summed E-state index contributed by atoms with van der Waals surface area (Å²) in [4.78, 5) is 10.6. The highest BCUT2D eigenvalue weighted by Gasteiger charge is 1.95. The number of aliphatic hydroxyl groups excluding tert-OH is 1. The van der Waals surface area contributed by atoms with Gasteiger partial charge in [0.15, 0.2) is 0 Å². The Balaban J connectivity index is 2.95. The molecule has 66 valence electrons. The highest BCUT2D eigenvalue weighted by atomic mass is 35.5. The zero-order valence-corrected chi connectivity index (χ0v) is 7.23. The normalized spacial score (nSPS) is 9.64. The Morgan fingerprint density at radius 3 is 2.64 bits per heavy atom. The van der Waals surface area contributed by atoms with Crippen molar-refractivity contribution in [2.24, 2.45) is 0 Å². The van der Waals surface area contributed by atoms with Gasteiger partial charge in [0.25, 0.3) is 0 Å². The first-order valence-corrected chi connectivity index (χ1v) is 4.28. The summed E-state index contributed by atoms with van der Waals surface area (Å²) in [6.07, 6.45) is 2.65. The van der Waals surface area contributed by atoms with Crippen molar-refractivity contribution in [3.8, 4) is 0 Å². The summed E-state index contributed by atoms with van der Waals surface area (Å²) in [5.74, 6) is -0.101. The molecule has 0 atom stereocenters. The number of unbranched alkanes of at least 4 members (excludes halogenated alkanes) is 2. The number of halogens is 1. The van der Waals surface area contributed by atoms with E-state index in [2.05, 4.69) is 5.32 Å². The van der Waals surface area contributed by atoms with Crippen molar-refractivity contribution in [2.75, 3.05) is 19.0 Å². The second-order valence-electron chi connectivity index (χ2n) is 2.27. The van der Waals surface area contributed by atoms with Crippen molar-refractivity contribution >= 4 is 17.5 Å². The molecule has 1 amide bonds. The minimum absolute atomic E-state index is 0.0278. The van der Waals surface area contributed by atoms with Crippen LogP contribution in [0.3, 0.4) is 0 Å². The van der Waals surface area contributed by atoms with Gasteiger partial charge in [-0.2, -0.15) is 0 Å². The summed E-state index contributed by atoms with van der Waals surface area (Å²) in [6, 6.07) is 0. The van der Waals surface area contributed by atoms with Crippen LogP contribution < -0.4 is 5.32 Å². The third kappa shape index (κ3) is 7.62. The van der Waals surface area contributed by atoms with Gasteiger partial charge in [0.05, 0.1) is 0 Å². The molecule has 3 nitrogen and oxygen atoms in total. The molecule has 0 heterocycles. The van der Waals surface area contributed by atoms with Crippen LogP contribution in [0.1, 0.15) is 19.3 Å². The fraction of sp³-hybridized carbons (Fsp3) is 0.857. The van der Waals surface area contributed by atoms with Crippen LogP contribution in [0.25, 0.3) is 0 Å². The molecule has 0 radical (unpaired) electrons. The quantitative estimate of drug-likeness (QED) is 0.461. The van der Waals surface area contributed by atoms with Crippen LogP contribution in [0.4, 0.5) is 0 Å². The van der Waals surface area contributed by atoms with E-state index < -0.39 is 0 Å². The van der Waals surface area contributed by atoms with Gasteiger partial charge < -0.3 is 10.4 Å². The molecule has 0 saturated carbocycles. The molecule has 0 aromatic heterocycles. The van der Waals surface area contributed by atoms with Crippen LogP contribution in [0.15, 0.2) is 0 Å². The maximum atomic E-state index is 10.6. The third-order valence-corrected chi connectivity index (χ3v) is 1.52. The number of amides is 1. The van der Waals surface area contributed by atoms with E-state index >= 15 is 0 Å². The first kappa shape index (κ1) is 10.7. The first-order valence-electron chi connectivity index (χ1n) is 3.74.